The molecule has 0 fully saturated rings. The highest BCUT2D eigenvalue weighted by Gasteiger charge is 2.44. The van der Waals surface area contributed by atoms with E-state index in [4.69, 9.17) is 0 Å². The zero-order valence-electron chi connectivity index (χ0n) is 33.6. The first-order valence-electron chi connectivity index (χ1n) is 20.9. The average Bonchev–Trinajstić information content (AvgIpc) is 3.69. The van der Waals surface area contributed by atoms with Crippen molar-refractivity contribution in [3.05, 3.63) is 155 Å². The molecule has 2 aliphatic carbocycles. The molecule has 0 bridgehead atoms. The molecule has 0 aromatic heterocycles. The summed E-state index contributed by atoms with van der Waals surface area (Å²) >= 11 is 0. The minimum absolute atomic E-state index is 0.00474. The topological polar surface area (TPSA) is 80.9 Å². The molecule has 0 amide bonds. The number of aliphatic hydroxyl groups is 4. The Kier molecular flexibility index (Phi) is 8.67. The van der Waals surface area contributed by atoms with Crippen molar-refractivity contribution in [2.75, 3.05) is 26.4 Å². The predicted molar refractivity (Wildman–Crippen MR) is 239 cm³/mol. The minimum atomic E-state index is -0.903. The molecular weight excluding hydrogens is 713 g/mol. The van der Waals surface area contributed by atoms with Crippen molar-refractivity contribution in [2.24, 2.45) is 0 Å². The SMILES string of the molecule is CC(C)(C)c1cc2ccc3c(-c4ccc5c(c4)C(CO)(CO)c4ccccc4-5)cc(-c4ccc5c(c4)C(CCCO)(CCCO)c4ccccc4-5)c4ccc(c1)c2c34. The first-order valence-corrected chi connectivity index (χ1v) is 20.9. The lowest BCUT2D eigenvalue weighted by Crippen LogP contribution is -2.34. The highest BCUT2D eigenvalue weighted by Crippen LogP contribution is 2.56. The average molecular weight is 763 g/mol. The Balaban J connectivity index is 1.26. The van der Waals surface area contributed by atoms with E-state index < -0.39 is 5.41 Å². The zero-order chi connectivity index (χ0) is 40.0. The quantitative estimate of drug-likeness (QED) is 0.105. The number of aliphatic hydroxyl groups excluding tert-OH is 4. The summed E-state index contributed by atoms with van der Waals surface area (Å²) in [6, 6.07) is 46.7. The van der Waals surface area contributed by atoms with Gasteiger partial charge in [0, 0.05) is 18.6 Å². The lowest BCUT2D eigenvalue weighted by Gasteiger charge is -2.32. The fraction of sp³-hybridized carbons (Fsp3) is 0.259. The van der Waals surface area contributed by atoms with Crippen LogP contribution in [0.4, 0.5) is 0 Å². The summed E-state index contributed by atoms with van der Waals surface area (Å²) in [5, 5.41) is 49.6. The Morgan fingerprint density at radius 2 is 0.897 bits per heavy atom. The molecule has 8 aromatic carbocycles. The van der Waals surface area contributed by atoms with Crippen molar-refractivity contribution in [3.63, 3.8) is 0 Å². The van der Waals surface area contributed by atoms with Crippen LogP contribution in [0.3, 0.4) is 0 Å². The summed E-state index contributed by atoms with van der Waals surface area (Å²) in [7, 11) is 0. The third-order valence-corrected chi connectivity index (χ3v) is 13.8. The second kappa shape index (κ2) is 13.6. The van der Waals surface area contributed by atoms with Crippen LogP contribution in [0.1, 0.15) is 74.3 Å². The molecule has 58 heavy (non-hydrogen) atoms. The number of fused-ring (bicyclic) bond motifs is 6. The summed E-state index contributed by atoms with van der Waals surface area (Å²) in [6.45, 7) is 6.67. The third kappa shape index (κ3) is 5.22. The smallest absolute Gasteiger partial charge is 0.0676 e. The molecule has 0 radical (unpaired) electrons. The zero-order valence-corrected chi connectivity index (χ0v) is 33.6. The van der Waals surface area contributed by atoms with E-state index in [0.29, 0.717) is 12.8 Å². The fourth-order valence-electron chi connectivity index (χ4n) is 10.9. The Labute approximate surface area is 340 Å². The molecule has 0 saturated carbocycles. The molecule has 0 spiro atoms. The van der Waals surface area contributed by atoms with Crippen LogP contribution in [0.15, 0.2) is 127 Å². The van der Waals surface area contributed by atoms with E-state index in [1.807, 2.05) is 18.2 Å². The van der Waals surface area contributed by atoms with Gasteiger partial charge < -0.3 is 20.4 Å². The van der Waals surface area contributed by atoms with Crippen molar-refractivity contribution < 1.29 is 20.4 Å². The standard InChI is InChI=1S/C54H50O4/c1-52(2,3)37-26-35-16-20-42-44(33-14-18-40-38-10-4-6-12-46(38)53(22-8-24-55,23-9-25-56)48(40)28-33)30-45(43-21-17-36(27-37)50(35)51(42)43)34-15-19-41-39-11-5-7-13-47(39)54(31-57,32-58)49(41)29-34/h4-7,10-21,26-30,55-58H,8-9,22-25,31-32H2,1-3H3. The van der Waals surface area contributed by atoms with Crippen LogP contribution >= 0.6 is 0 Å². The second-order valence-corrected chi connectivity index (χ2v) is 17.9. The van der Waals surface area contributed by atoms with E-state index >= 15 is 0 Å². The number of hydrogen-bond donors (Lipinski definition) is 4. The van der Waals surface area contributed by atoms with Crippen molar-refractivity contribution in [2.45, 2.75) is 62.7 Å². The van der Waals surface area contributed by atoms with Gasteiger partial charge in [-0.15, -0.1) is 0 Å². The third-order valence-electron chi connectivity index (χ3n) is 13.8. The highest BCUT2D eigenvalue weighted by atomic mass is 16.3. The normalized spacial score (nSPS) is 14.9. The summed E-state index contributed by atoms with van der Waals surface area (Å²) in [6.07, 6.45) is 2.94. The highest BCUT2D eigenvalue weighted by molar-refractivity contribution is 6.28. The Bertz CT molecular complexity index is 2860. The van der Waals surface area contributed by atoms with Crippen LogP contribution in [-0.4, -0.2) is 46.9 Å². The molecule has 290 valence electrons. The minimum Gasteiger partial charge on any atom is -0.396 e. The maximum Gasteiger partial charge on any atom is 0.0676 e. The van der Waals surface area contributed by atoms with Crippen LogP contribution in [0, 0.1) is 0 Å². The van der Waals surface area contributed by atoms with Gasteiger partial charge in [0.15, 0.2) is 0 Å². The van der Waals surface area contributed by atoms with E-state index in [0.717, 1.165) is 57.3 Å². The molecule has 0 heterocycles. The van der Waals surface area contributed by atoms with Crippen molar-refractivity contribution in [3.8, 4) is 44.5 Å². The largest absolute Gasteiger partial charge is 0.396 e. The monoisotopic (exact) mass is 762 g/mol. The molecule has 0 atom stereocenters. The summed E-state index contributed by atoms with van der Waals surface area (Å²) in [5.41, 5.74) is 13.5. The van der Waals surface area contributed by atoms with Gasteiger partial charge in [-0.25, -0.2) is 0 Å². The van der Waals surface area contributed by atoms with Crippen LogP contribution in [-0.2, 0) is 16.2 Å². The Morgan fingerprint density at radius 3 is 1.38 bits per heavy atom. The molecule has 0 aliphatic heterocycles. The fourth-order valence-corrected chi connectivity index (χ4v) is 10.9. The summed E-state index contributed by atoms with van der Waals surface area (Å²) < 4.78 is 0. The van der Waals surface area contributed by atoms with Gasteiger partial charge in [-0.05, 0) is 154 Å². The van der Waals surface area contributed by atoms with Crippen LogP contribution < -0.4 is 0 Å². The first-order chi connectivity index (χ1) is 28.2. The van der Waals surface area contributed by atoms with Crippen LogP contribution in [0.5, 0.6) is 0 Å². The Morgan fingerprint density at radius 1 is 0.431 bits per heavy atom. The maximum atomic E-state index is 11.0. The lowest BCUT2D eigenvalue weighted by atomic mass is 9.71. The number of rotatable bonds is 10. The van der Waals surface area contributed by atoms with Gasteiger partial charge in [0.1, 0.15) is 0 Å². The summed E-state index contributed by atoms with van der Waals surface area (Å²) in [4.78, 5) is 0. The molecule has 8 aromatic rings. The van der Waals surface area contributed by atoms with E-state index in [2.05, 4.69) is 130 Å². The van der Waals surface area contributed by atoms with E-state index in [1.165, 1.54) is 60.1 Å². The van der Waals surface area contributed by atoms with E-state index in [-0.39, 0.29) is 37.3 Å². The van der Waals surface area contributed by atoms with Gasteiger partial charge in [0.05, 0.1) is 18.6 Å². The molecule has 0 unspecified atom stereocenters. The van der Waals surface area contributed by atoms with Crippen molar-refractivity contribution in [1.82, 2.24) is 0 Å². The first kappa shape index (κ1) is 36.9. The van der Waals surface area contributed by atoms with E-state index in [1.54, 1.807) is 0 Å². The molecular formula is C54H50O4. The van der Waals surface area contributed by atoms with Gasteiger partial charge in [0.25, 0.3) is 0 Å². The Hall–Kier alpha value is -5.36. The predicted octanol–water partition coefficient (Wildman–Crippen LogP) is 11.3. The van der Waals surface area contributed by atoms with Crippen LogP contribution in [0.25, 0.3) is 76.8 Å². The lowest BCUT2D eigenvalue weighted by molar-refractivity contribution is 0.146. The van der Waals surface area contributed by atoms with Gasteiger partial charge in [-0.2, -0.15) is 0 Å². The van der Waals surface area contributed by atoms with Gasteiger partial charge in [-0.1, -0.05) is 130 Å². The molecule has 0 saturated heterocycles. The molecule has 2 aliphatic rings. The van der Waals surface area contributed by atoms with Gasteiger partial charge in [-0.3, -0.25) is 0 Å². The maximum absolute atomic E-state index is 11.0. The number of hydrogen-bond acceptors (Lipinski definition) is 4. The number of benzene rings is 8. The van der Waals surface area contributed by atoms with E-state index in [9.17, 15) is 20.4 Å². The molecule has 4 nitrogen and oxygen atoms in total. The molecule has 10 rings (SSSR count). The van der Waals surface area contributed by atoms with Crippen molar-refractivity contribution >= 4 is 32.3 Å². The van der Waals surface area contributed by atoms with Gasteiger partial charge in [0.2, 0.25) is 0 Å². The van der Waals surface area contributed by atoms with Gasteiger partial charge >= 0.3 is 0 Å². The summed E-state index contributed by atoms with van der Waals surface area (Å²) in [5.74, 6) is 0. The second-order valence-electron chi connectivity index (χ2n) is 17.9. The van der Waals surface area contributed by atoms with Crippen LogP contribution in [0.2, 0.25) is 0 Å². The molecule has 4 N–H and O–H groups in total. The van der Waals surface area contributed by atoms with Crippen molar-refractivity contribution in [1.29, 1.82) is 0 Å². The molecule has 4 heteroatoms.